The maximum atomic E-state index is 14.1. The average Bonchev–Trinajstić information content (AvgIpc) is 3.45. The van der Waals surface area contributed by atoms with Crippen LogP contribution in [0.1, 0.15) is 48.1 Å². The third kappa shape index (κ3) is 8.24. The molecule has 0 radical (unpaired) electrons. The first-order chi connectivity index (χ1) is 22.1. The molecule has 0 bridgehead atoms. The van der Waals surface area contributed by atoms with Gasteiger partial charge >= 0.3 is 12.1 Å². The van der Waals surface area contributed by atoms with E-state index in [0.29, 0.717) is 5.56 Å². The number of ether oxygens (including phenoxy) is 1. The van der Waals surface area contributed by atoms with Crippen LogP contribution in [0, 0.1) is 11.8 Å². The molecular formula is C36H36F3N3O4. The highest BCUT2D eigenvalue weighted by Gasteiger charge is 2.32. The van der Waals surface area contributed by atoms with Gasteiger partial charge < -0.3 is 20.4 Å². The summed E-state index contributed by atoms with van der Waals surface area (Å²) in [6.45, 7) is 1.87. The number of para-hydroxylation sites is 1. The number of hydrogen-bond donors (Lipinski definition) is 3. The Morgan fingerprint density at radius 1 is 0.848 bits per heavy atom. The minimum atomic E-state index is -4.49. The molecule has 5 rings (SSSR count). The summed E-state index contributed by atoms with van der Waals surface area (Å²) in [6, 6.07) is 20.3. The van der Waals surface area contributed by atoms with Crippen molar-refractivity contribution in [2.75, 3.05) is 6.61 Å². The molecule has 1 unspecified atom stereocenters. The lowest BCUT2D eigenvalue weighted by Crippen LogP contribution is -2.51. The number of aromatic nitrogens is 1. The van der Waals surface area contributed by atoms with Crippen LogP contribution in [-0.4, -0.2) is 35.4 Å². The third-order valence-corrected chi connectivity index (χ3v) is 8.30. The maximum Gasteiger partial charge on any atom is 0.416 e. The molecule has 1 aliphatic heterocycles. The summed E-state index contributed by atoms with van der Waals surface area (Å²) in [5.74, 6) is -2.31. The van der Waals surface area contributed by atoms with Gasteiger partial charge in [0.1, 0.15) is 6.04 Å². The van der Waals surface area contributed by atoms with E-state index in [-0.39, 0.29) is 44.1 Å². The van der Waals surface area contributed by atoms with Gasteiger partial charge in [0.05, 0.1) is 24.6 Å². The fourth-order valence-electron chi connectivity index (χ4n) is 5.76. The number of benzene rings is 3. The van der Waals surface area contributed by atoms with E-state index in [1.807, 2.05) is 73.8 Å². The van der Waals surface area contributed by atoms with Crippen LogP contribution in [0.4, 0.5) is 13.2 Å². The van der Waals surface area contributed by atoms with Gasteiger partial charge in [-0.05, 0) is 53.6 Å². The number of H-pyrrole nitrogens is 1. The van der Waals surface area contributed by atoms with Crippen LogP contribution in [0.2, 0.25) is 0 Å². The molecular weight excluding hydrogens is 595 g/mol. The van der Waals surface area contributed by atoms with Gasteiger partial charge in [0.2, 0.25) is 11.8 Å². The number of fused-ring (bicyclic) bond motifs is 1. The first-order valence-electron chi connectivity index (χ1n) is 15.3. The number of amides is 2. The molecule has 4 atom stereocenters. The van der Waals surface area contributed by atoms with Gasteiger partial charge in [-0.2, -0.15) is 13.2 Å². The molecule has 2 heterocycles. The molecule has 0 spiro atoms. The van der Waals surface area contributed by atoms with E-state index in [9.17, 15) is 27.6 Å². The van der Waals surface area contributed by atoms with E-state index in [1.54, 1.807) is 6.08 Å². The molecule has 0 aliphatic carbocycles. The number of alkyl halides is 3. The first kappa shape index (κ1) is 32.5. The Kier molecular flexibility index (Phi) is 10.2. The quantitative estimate of drug-likeness (QED) is 0.174. The number of halogens is 3. The van der Waals surface area contributed by atoms with Gasteiger partial charge in [0.15, 0.2) is 0 Å². The van der Waals surface area contributed by atoms with Crippen molar-refractivity contribution < 1.29 is 32.3 Å². The van der Waals surface area contributed by atoms with Gasteiger partial charge in [-0.3, -0.25) is 14.4 Å². The Morgan fingerprint density at radius 3 is 2.30 bits per heavy atom. The van der Waals surface area contributed by atoms with Crippen LogP contribution in [0.5, 0.6) is 0 Å². The van der Waals surface area contributed by atoms with Gasteiger partial charge in [-0.1, -0.05) is 79.7 Å². The lowest BCUT2D eigenvalue weighted by Gasteiger charge is -2.28. The monoisotopic (exact) mass is 631 g/mol. The number of carbonyl (C=O) groups is 3. The molecule has 3 aromatic carbocycles. The van der Waals surface area contributed by atoms with Crippen LogP contribution in [0.25, 0.3) is 10.9 Å². The number of cyclic esters (lactones) is 1. The molecule has 4 aromatic rings. The Morgan fingerprint density at radius 2 is 1.57 bits per heavy atom. The molecule has 7 nitrogen and oxygen atoms in total. The van der Waals surface area contributed by atoms with E-state index < -0.39 is 41.6 Å². The smallest absolute Gasteiger partial charge is 0.416 e. The van der Waals surface area contributed by atoms with Crippen LogP contribution in [0.15, 0.2) is 97.2 Å². The minimum absolute atomic E-state index is 0.0127. The molecule has 2 amide bonds. The highest BCUT2D eigenvalue weighted by atomic mass is 19.4. The molecule has 46 heavy (non-hydrogen) atoms. The standard InChI is InChI=1S/C36H36F3N3O4/c1-23-8-7-13-32(43)46-19-18-26(20-24-14-16-28(17-15-24)36(37,38)39)34(44)41-31(21-27-22-40-30-12-6-5-11-29(27)30)35(45)42-33(23)25-9-3-2-4-10-25/h2-12,14-17,22-23,26,31,33,40H,13,18-21H2,1H3,(H,41,44)(H,42,45)/b8-7+/t23-,26?,31-,33+/m0/s1. The summed E-state index contributed by atoms with van der Waals surface area (Å²) in [6.07, 6.45) is 1.31. The second kappa shape index (κ2) is 14.5. The lowest BCUT2D eigenvalue weighted by atomic mass is 9.92. The molecule has 1 aliphatic rings. The lowest BCUT2D eigenvalue weighted by molar-refractivity contribution is -0.143. The molecule has 0 saturated heterocycles. The molecule has 3 N–H and O–H groups in total. The van der Waals surface area contributed by atoms with Gasteiger partial charge in [0, 0.05) is 29.4 Å². The van der Waals surface area contributed by atoms with E-state index in [1.165, 1.54) is 12.1 Å². The summed E-state index contributed by atoms with van der Waals surface area (Å²) in [5, 5.41) is 7.00. The summed E-state index contributed by atoms with van der Waals surface area (Å²) in [7, 11) is 0. The second-order valence-electron chi connectivity index (χ2n) is 11.6. The Hall–Kier alpha value is -4.86. The van der Waals surface area contributed by atoms with Crippen LogP contribution in [-0.2, 0) is 38.1 Å². The van der Waals surface area contributed by atoms with Crippen molar-refractivity contribution in [2.45, 2.75) is 50.9 Å². The molecule has 1 aromatic heterocycles. The Bertz CT molecular complexity index is 1680. The van der Waals surface area contributed by atoms with Crippen molar-refractivity contribution in [2.24, 2.45) is 11.8 Å². The van der Waals surface area contributed by atoms with Crippen molar-refractivity contribution in [3.05, 3.63) is 119 Å². The summed E-state index contributed by atoms with van der Waals surface area (Å²) in [4.78, 5) is 43.7. The zero-order chi connectivity index (χ0) is 32.7. The predicted octanol–water partition coefficient (Wildman–Crippen LogP) is 6.46. The number of nitrogens with one attached hydrogen (secondary N) is 3. The number of rotatable bonds is 5. The van der Waals surface area contributed by atoms with Crippen molar-refractivity contribution in [3.63, 3.8) is 0 Å². The predicted molar refractivity (Wildman–Crippen MR) is 168 cm³/mol. The van der Waals surface area contributed by atoms with E-state index in [4.69, 9.17) is 4.74 Å². The number of carbonyl (C=O) groups excluding carboxylic acids is 3. The van der Waals surface area contributed by atoms with Crippen LogP contribution in [0.3, 0.4) is 0 Å². The Labute approximate surface area is 265 Å². The number of aromatic amines is 1. The van der Waals surface area contributed by atoms with Crippen molar-refractivity contribution >= 4 is 28.7 Å². The van der Waals surface area contributed by atoms with Crippen molar-refractivity contribution in [3.8, 4) is 0 Å². The van der Waals surface area contributed by atoms with Gasteiger partial charge in [-0.25, -0.2) is 0 Å². The van der Waals surface area contributed by atoms with Gasteiger partial charge in [-0.15, -0.1) is 0 Å². The summed E-state index contributed by atoms with van der Waals surface area (Å²) in [5.41, 5.74) is 2.31. The zero-order valence-electron chi connectivity index (χ0n) is 25.3. The second-order valence-corrected chi connectivity index (χ2v) is 11.6. The third-order valence-electron chi connectivity index (χ3n) is 8.30. The number of esters is 1. The van der Waals surface area contributed by atoms with E-state index in [2.05, 4.69) is 15.6 Å². The molecule has 0 fully saturated rings. The zero-order valence-corrected chi connectivity index (χ0v) is 25.3. The van der Waals surface area contributed by atoms with Crippen LogP contribution < -0.4 is 10.6 Å². The van der Waals surface area contributed by atoms with Crippen molar-refractivity contribution in [1.82, 2.24) is 15.6 Å². The van der Waals surface area contributed by atoms with Crippen LogP contribution >= 0.6 is 0 Å². The fraction of sp³-hybridized carbons (Fsp3) is 0.306. The molecule has 240 valence electrons. The topological polar surface area (TPSA) is 100 Å². The molecule has 0 saturated carbocycles. The molecule has 10 heteroatoms. The number of hydrogen-bond acceptors (Lipinski definition) is 4. The normalized spacial score (nSPS) is 22.7. The van der Waals surface area contributed by atoms with E-state index in [0.717, 1.165) is 34.2 Å². The first-order valence-corrected chi connectivity index (χ1v) is 15.3. The fourth-order valence-corrected chi connectivity index (χ4v) is 5.76. The highest BCUT2D eigenvalue weighted by Crippen LogP contribution is 2.30. The minimum Gasteiger partial charge on any atom is -0.465 e. The van der Waals surface area contributed by atoms with Gasteiger partial charge in [0.25, 0.3) is 0 Å². The summed E-state index contributed by atoms with van der Waals surface area (Å²) < 4.78 is 44.9. The Balaban J connectivity index is 1.47. The SMILES string of the molecule is C[C@H]1/C=C/CC(=O)OCCC(Cc2ccc(C(F)(F)F)cc2)C(=O)N[C@@H](Cc2c[nH]c3ccccc23)C(=O)N[C@H]1c1ccccc1. The highest BCUT2D eigenvalue weighted by molar-refractivity contribution is 5.90. The largest absolute Gasteiger partial charge is 0.465 e. The van der Waals surface area contributed by atoms with E-state index >= 15 is 0 Å². The average molecular weight is 632 g/mol. The maximum absolute atomic E-state index is 14.1. The van der Waals surface area contributed by atoms with Crippen molar-refractivity contribution in [1.29, 1.82) is 0 Å². The summed E-state index contributed by atoms with van der Waals surface area (Å²) >= 11 is 0.